The molecular weight excluding hydrogens is 274 g/mol. The van der Waals surface area contributed by atoms with Gasteiger partial charge >= 0.3 is 0 Å². The van der Waals surface area contributed by atoms with Crippen LogP contribution in [0.15, 0.2) is 6.07 Å². The van der Waals surface area contributed by atoms with Gasteiger partial charge < -0.3 is 14.8 Å². The van der Waals surface area contributed by atoms with Crippen molar-refractivity contribution in [2.75, 3.05) is 19.6 Å². The lowest BCUT2D eigenvalue weighted by Gasteiger charge is -2.17. The third-order valence-corrected chi connectivity index (χ3v) is 5.35. The molecule has 1 aromatic rings. The molecule has 22 heavy (non-hydrogen) atoms. The Labute approximate surface area is 133 Å². The normalized spacial score (nSPS) is 19.9. The predicted octanol–water partition coefficient (Wildman–Crippen LogP) is 2.87. The molecule has 0 radical (unpaired) electrons. The molecule has 0 bridgehead atoms. The Morgan fingerprint density at radius 1 is 1.14 bits per heavy atom. The maximum Gasteiger partial charge on any atom is 0.253 e. The van der Waals surface area contributed by atoms with E-state index in [2.05, 4.69) is 34.7 Å². The molecule has 4 heteroatoms. The molecule has 0 aromatic carbocycles. The van der Waals surface area contributed by atoms with Gasteiger partial charge in [-0.3, -0.25) is 4.79 Å². The highest BCUT2D eigenvalue weighted by Crippen LogP contribution is 2.20. The maximum atomic E-state index is 12.5. The fourth-order valence-electron chi connectivity index (χ4n) is 3.96. The first-order chi connectivity index (χ1) is 10.6. The van der Waals surface area contributed by atoms with Crippen LogP contribution in [0.25, 0.3) is 0 Å². The van der Waals surface area contributed by atoms with E-state index >= 15 is 0 Å². The van der Waals surface area contributed by atoms with Crippen LogP contribution in [0.2, 0.25) is 0 Å². The van der Waals surface area contributed by atoms with Gasteiger partial charge in [0.15, 0.2) is 0 Å². The Morgan fingerprint density at radius 3 is 2.50 bits per heavy atom. The molecule has 3 rings (SSSR count). The van der Waals surface area contributed by atoms with Crippen LogP contribution >= 0.6 is 0 Å². The summed E-state index contributed by atoms with van der Waals surface area (Å²) < 4.78 is 2.31. The van der Waals surface area contributed by atoms with Gasteiger partial charge in [-0.2, -0.15) is 0 Å². The van der Waals surface area contributed by atoms with Crippen LogP contribution in [0.4, 0.5) is 0 Å². The predicted molar refractivity (Wildman–Crippen MR) is 89.3 cm³/mol. The van der Waals surface area contributed by atoms with Gasteiger partial charge in [-0.25, -0.2) is 0 Å². The largest absolute Gasteiger partial charge is 0.349 e. The summed E-state index contributed by atoms with van der Waals surface area (Å²) in [4.78, 5) is 15.0. The van der Waals surface area contributed by atoms with Gasteiger partial charge in [0.05, 0.1) is 5.56 Å². The third kappa shape index (κ3) is 3.37. The number of hydrogen-bond acceptors (Lipinski definition) is 2. The Bertz CT molecular complexity index is 523. The lowest BCUT2D eigenvalue weighted by molar-refractivity contribution is 0.0937. The number of aryl methyl sites for hydroxylation is 1. The number of aromatic nitrogens is 1. The Hall–Kier alpha value is -1.29. The van der Waals surface area contributed by atoms with Crippen molar-refractivity contribution in [1.82, 2.24) is 14.8 Å². The number of carbonyl (C=O) groups is 1. The lowest BCUT2D eigenvalue weighted by Crippen LogP contribution is -2.32. The number of nitrogens with one attached hydrogen (secondary N) is 1. The quantitative estimate of drug-likeness (QED) is 0.908. The molecule has 0 spiro atoms. The summed E-state index contributed by atoms with van der Waals surface area (Å²) in [7, 11) is 0. The second-order valence-corrected chi connectivity index (χ2v) is 6.94. The number of nitrogens with zero attached hydrogens (tertiary/aromatic N) is 2. The van der Waals surface area contributed by atoms with Gasteiger partial charge in [0.1, 0.15) is 0 Å². The summed E-state index contributed by atoms with van der Waals surface area (Å²) in [6.45, 7) is 8.75. The minimum absolute atomic E-state index is 0.118. The zero-order chi connectivity index (χ0) is 15.5. The Morgan fingerprint density at radius 2 is 1.82 bits per heavy atom. The molecule has 2 fully saturated rings. The molecule has 1 aliphatic carbocycles. The zero-order valence-electron chi connectivity index (χ0n) is 14.0. The van der Waals surface area contributed by atoms with Crippen LogP contribution in [-0.2, 0) is 6.54 Å². The molecule has 0 unspecified atom stereocenters. The van der Waals surface area contributed by atoms with Crippen LogP contribution < -0.4 is 5.32 Å². The van der Waals surface area contributed by atoms with E-state index in [0.29, 0.717) is 6.04 Å². The highest BCUT2D eigenvalue weighted by atomic mass is 16.1. The minimum atomic E-state index is 0.118. The van der Waals surface area contributed by atoms with Gasteiger partial charge in [-0.1, -0.05) is 12.8 Å². The first-order valence-corrected chi connectivity index (χ1v) is 8.85. The van der Waals surface area contributed by atoms with Gasteiger partial charge in [-0.05, 0) is 58.7 Å². The summed E-state index contributed by atoms with van der Waals surface area (Å²) in [6, 6.07) is 2.45. The molecule has 1 aromatic heterocycles. The number of carbonyl (C=O) groups excluding carboxylic acids is 1. The van der Waals surface area contributed by atoms with Gasteiger partial charge in [-0.15, -0.1) is 0 Å². The molecule has 1 saturated heterocycles. The minimum Gasteiger partial charge on any atom is -0.349 e. The van der Waals surface area contributed by atoms with Crippen molar-refractivity contribution in [1.29, 1.82) is 0 Å². The maximum absolute atomic E-state index is 12.5. The van der Waals surface area contributed by atoms with E-state index in [1.54, 1.807) is 0 Å². The van der Waals surface area contributed by atoms with Crippen molar-refractivity contribution < 1.29 is 4.79 Å². The summed E-state index contributed by atoms with van der Waals surface area (Å²) in [5, 5.41) is 3.21. The van der Waals surface area contributed by atoms with Crippen LogP contribution in [0.5, 0.6) is 0 Å². The molecule has 0 atom stereocenters. The second-order valence-electron chi connectivity index (χ2n) is 6.94. The third-order valence-electron chi connectivity index (χ3n) is 5.35. The molecule has 122 valence electrons. The van der Waals surface area contributed by atoms with E-state index in [1.165, 1.54) is 44.5 Å². The van der Waals surface area contributed by atoms with Gasteiger partial charge in [0.25, 0.3) is 5.91 Å². The van der Waals surface area contributed by atoms with Crippen molar-refractivity contribution >= 4 is 5.91 Å². The summed E-state index contributed by atoms with van der Waals surface area (Å²) in [6.07, 6.45) is 7.44. The fourth-order valence-corrected chi connectivity index (χ4v) is 3.96. The average molecular weight is 303 g/mol. The van der Waals surface area contributed by atoms with E-state index in [0.717, 1.165) is 37.2 Å². The first kappa shape index (κ1) is 15.6. The molecule has 1 aliphatic heterocycles. The van der Waals surface area contributed by atoms with Crippen molar-refractivity contribution in [2.24, 2.45) is 0 Å². The van der Waals surface area contributed by atoms with Crippen molar-refractivity contribution in [2.45, 2.75) is 65.0 Å². The molecule has 2 aliphatic rings. The molecular formula is C18H29N3O. The van der Waals surface area contributed by atoms with Crippen molar-refractivity contribution in [3.8, 4) is 0 Å². The zero-order valence-corrected chi connectivity index (χ0v) is 14.0. The molecule has 2 heterocycles. The number of hydrogen-bond donors (Lipinski definition) is 1. The Balaban J connectivity index is 1.64. The van der Waals surface area contributed by atoms with E-state index < -0.39 is 0 Å². The Kier molecular flexibility index (Phi) is 4.87. The van der Waals surface area contributed by atoms with Crippen LogP contribution in [-0.4, -0.2) is 41.1 Å². The first-order valence-electron chi connectivity index (χ1n) is 8.85. The summed E-state index contributed by atoms with van der Waals surface area (Å²) >= 11 is 0. The van der Waals surface area contributed by atoms with E-state index in [-0.39, 0.29) is 5.91 Å². The van der Waals surface area contributed by atoms with Crippen LogP contribution in [0.3, 0.4) is 0 Å². The number of amides is 1. The monoisotopic (exact) mass is 303 g/mol. The summed E-state index contributed by atoms with van der Waals surface area (Å²) in [5.74, 6) is 0.118. The molecule has 1 saturated carbocycles. The van der Waals surface area contributed by atoms with Crippen molar-refractivity contribution in [3.05, 3.63) is 23.0 Å². The van der Waals surface area contributed by atoms with Crippen molar-refractivity contribution in [3.63, 3.8) is 0 Å². The number of rotatable bonds is 5. The fraction of sp³-hybridized carbons (Fsp3) is 0.722. The average Bonchev–Trinajstić information content (AvgIpc) is 3.21. The van der Waals surface area contributed by atoms with E-state index in [9.17, 15) is 4.79 Å². The highest BCUT2D eigenvalue weighted by molar-refractivity contribution is 5.95. The molecule has 1 amide bonds. The highest BCUT2D eigenvalue weighted by Gasteiger charge is 2.21. The summed E-state index contributed by atoms with van der Waals surface area (Å²) in [5.41, 5.74) is 3.19. The van der Waals surface area contributed by atoms with Crippen LogP contribution in [0, 0.1) is 13.8 Å². The SMILES string of the molecule is Cc1cc(C(=O)NC2CCCC2)c(C)n1CCN1CCCC1. The standard InChI is InChI=1S/C18H29N3O/c1-14-13-17(18(22)19-16-7-3-4-8-16)15(2)21(14)12-11-20-9-5-6-10-20/h13,16H,3-12H2,1-2H3,(H,19,22). The smallest absolute Gasteiger partial charge is 0.253 e. The topological polar surface area (TPSA) is 37.3 Å². The van der Waals surface area contributed by atoms with E-state index in [1.807, 2.05) is 0 Å². The lowest BCUT2D eigenvalue weighted by atomic mass is 10.2. The second kappa shape index (κ2) is 6.86. The van der Waals surface area contributed by atoms with Gasteiger partial charge in [0.2, 0.25) is 0 Å². The van der Waals surface area contributed by atoms with Gasteiger partial charge in [0, 0.05) is 30.5 Å². The molecule has 1 N–H and O–H groups in total. The number of likely N-dealkylation sites (tertiary alicyclic amines) is 1. The van der Waals surface area contributed by atoms with Crippen LogP contribution in [0.1, 0.15) is 60.3 Å². The molecule has 4 nitrogen and oxygen atoms in total. The van der Waals surface area contributed by atoms with E-state index in [4.69, 9.17) is 0 Å².